The zero-order chi connectivity index (χ0) is 14.4. The van der Waals surface area contributed by atoms with Crippen LogP contribution in [0.25, 0.3) is 10.3 Å². The van der Waals surface area contributed by atoms with Gasteiger partial charge in [-0.15, -0.1) is 11.3 Å². The maximum atomic E-state index is 12.9. The molecule has 2 aliphatic rings. The van der Waals surface area contributed by atoms with Gasteiger partial charge >= 0.3 is 0 Å². The second-order valence-electron chi connectivity index (χ2n) is 5.95. The molecule has 0 aromatic carbocycles. The Kier molecular flexibility index (Phi) is 3.06. The molecular formula is C15H18N4OS. The molecular weight excluding hydrogens is 284 g/mol. The summed E-state index contributed by atoms with van der Waals surface area (Å²) >= 11 is 1.37. The van der Waals surface area contributed by atoms with Gasteiger partial charge in [-0.25, -0.2) is 9.97 Å². The second kappa shape index (κ2) is 4.94. The van der Waals surface area contributed by atoms with Crippen molar-refractivity contribution in [3.63, 3.8) is 0 Å². The Bertz CT molecular complexity index is 698. The van der Waals surface area contributed by atoms with E-state index in [9.17, 15) is 4.79 Å². The number of aromatic nitrogens is 2. The summed E-state index contributed by atoms with van der Waals surface area (Å²) in [6.45, 7) is 0.856. The van der Waals surface area contributed by atoms with E-state index in [1.807, 2.05) is 0 Å². The van der Waals surface area contributed by atoms with Gasteiger partial charge in [0.1, 0.15) is 15.2 Å². The van der Waals surface area contributed by atoms with Crippen molar-refractivity contribution in [2.45, 2.75) is 38.1 Å². The summed E-state index contributed by atoms with van der Waals surface area (Å²) in [5, 5.41) is 0. The minimum atomic E-state index is 0.0777. The fourth-order valence-electron chi connectivity index (χ4n) is 3.84. The number of fused-ring (bicyclic) bond motifs is 2. The lowest BCUT2D eigenvalue weighted by atomic mass is 9.92. The lowest BCUT2D eigenvalue weighted by molar-refractivity contribution is 0.0554. The number of likely N-dealkylation sites (tertiary alicyclic amines) is 1. The van der Waals surface area contributed by atoms with Crippen LogP contribution in [0.15, 0.2) is 12.4 Å². The number of hydrogen-bond donors (Lipinski definition) is 1. The van der Waals surface area contributed by atoms with Gasteiger partial charge in [0.25, 0.3) is 5.91 Å². The van der Waals surface area contributed by atoms with E-state index in [4.69, 9.17) is 5.73 Å². The van der Waals surface area contributed by atoms with Crippen molar-refractivity contribution >= 4 is 33.3 Å². The molecule has 6 heteroatoms. The number of nitrogen functional groups attached to an aromatic ring is 1. The standard InChI is InChI=1S/C15H18N4OS/c16-11-12-14(18-7-6-17-12)21-13(11)15(20)19-8-2-4-9-3-1-5-10(9)19/h6-7,9-10H,1-5,8,16H2. The summed E-state index contributed by atoms with van der Waals surface area (Å²) in [6, 6.07) is 0.414. The molecule has 1 saturated carbocycles. The second-order valence-corrected chi connectivity index (χ2v) is 6.95. The van der Waals surface area contributed by atoms with Gasteiger partial charge in [-0.3, -0.25) is 4.79 Å². The van der Waals surface area contributed by atoms with Crippen molar-refractivity contribution in [1.82, 2.24) is 14.9 Å². The highest BCUT2D eigenvalue weighted by molar-refractivity contribution is 7.21. The Morgan fingerprint density at radius 2 is 2.05 bits per heavy atom. The molecule has 0 spiro atoms. The van der Waals surface area contributed by atoms with E-state index in [0.29, 0.717) is 28.0 Å². The van der Waals surface area contributed by atoms with Gasteiger partial charge in [-0.05, 0) is 31.6 Å². The molecule has 1 aliphatic carbocycles. The van der Waals surface area contributed by atoms with Crippen LogP contribution in [0.5, 0.6) is 0 Å². The summed E-state index contributed by atoms with van der Waals surface area (Å²) < 4.78 is 0. The summed E-state index contributed by atoms with van der Waals surface area (Å²) in [5.41, 5.74) is 7.30. The van der Waals surface area contributed by atoms with E-state index in [1.165, 1.54) is 30.6 Å². The van der Waals surface area contributed by atoms with Crippen molar-refractivity contribution in [1.29, 1.82) is 0 Å². The fourth-order valence-corrected chi connectivity index (χ4v) is 4.82. The van der Waals surface area contributed by atoms with Crippen molar-refractivity contribution < 1.29 is 4.79 Å². The molecule has 4 rings (SSSR count). The van der Waals surface area contributed by atoms with Crippen LogP contribution < -0.4 is 5.73 Å². The van der Waals surface area contributed by atoms with Gasteiger partial charge in [-0.2, -0.15) is 0 Å². The first-order valence-electron chi connectivity index (χ1n) is 7.55. The molecule has 5 nitrogen and oxygen atoms in total. The molecule has 2 N–H and O–H groups in total. The van der Waals surface area contributed by atoms with Crippen LogP contribution in [0.2, 0.25) is 0 Å². The van der Waals surface area contributed by atoms with Crippen molar-refractivity contribution in [2.24, 2.45) is 5.92 Å². The average molecular weight is 302 g/mol. The predicted octanol–water partition coefficient (Wildman–Crippen LogP) is 2.68. The maximum absolute atomic E-state index is 12.9. The normalized spacial score (nSPS) is 25.2. The van der Waals surface area contributed by atoms with Crippen LogP contribution in [-0.2, 0) is 0 Å². The molecule has 2 aromatic rings. The summed E-state index contributed by atoms with van der Waals surface area (Å²) in [6.07, 6.45) is 9.27. The number of carbonyl (C=O) groups is 1. The molecule has 3 heterocycles. The Balaban J connectivity index is 1.71. The summed E-state index contributed by atoms with van der Waals surface area (Å²) in [7, 11) is 0. The van der Waals surface area contributed by atoms with Gasteiger partial charge in [0.15, 0.2) is 0 Å². The molecule has 0 radical (unpaired) electrons. The molecule has 0 bridgehead atoms. The van der Waals surface area contributed by atoms with E-state index in [2.05, 4.69) is 14.9 Å². The maximum Gasteiger partial charge on any atom is 0.266 e. The fraction of sp³-hybridized carbons (Fsp3) is 0.533. The van der Waals surface area contributed by atoms with Crippen molar-refractivity contribution in [3.8, 4) is 0 Å². The number of carbonyl (C=O) groups excluding carboxylic acids is 1. The average Bonchev–Trinajstić information content (AvgIpc) is 3.11. The van der Waals surface area contributed by atoms with E-state index in [0.717, 1.165) is 24.2 Å². The third kappa shape index (κ3) is 2.00. The molecule has 21 heavy (non-hydrogen) atoms. The molecule has 2 unspecified atom stereocenters. The number of thiophene rings is 1. The lowest BCUT2D eigenvalue weighted by Gasteiger charge is -2.37. The van der Waals surface area contributed by atoms with Gasteiger partial charge in [-0.1, -0.05) is 6.42 Å². The number of nitrogens with two attached hydrogens (primary N) is 1. The largest absolute Gasteiger partial charge is 0.396 e. The van der Waals surface area contributed by atoms with Crippen LogP contribution >= 0.6 is 11.3 Å². The van der Waals surface area contributed by atoms with Crippen molar-refractivity contribution in [3.05, 3.63) is 17.3 Å². The highest BCUT2D eigenvalue weighted by Crippen LogP contribution is 2.39. The minimum Gasteiger partial charge on any atom is -0.396 e. The minimum absolute atomic E-state index is 0.0777. The number of rotatable bonds is 1. The molecule has 2 fully saturated rings. The predicted molar refractivity (Wildman–Crippen MR) is 83.2 cm³/mol. The molecule has 2 atom stereocenters. The van der Waals surface area contributed by atoms with Crippen LogP contribution in [0.1, 0.15) is 41.8 Å². The van der Waals surface area contributed by atoms with Gasteiger partial charge < -0.3 is 10.6 Å². The number of hydrogen-bond acceptors (Lipinski definition) is 5. The van der Waals surface area contributed by atoms with E-state index in [-0.39, 0.29) is 5.91 Å². The Labute approximate surface area is 127 Å². The van der Waals surface area contributed by atoms with Crippen molar-refractivity contribution in [2.75, 3.05) is 12.3 Å². The van der Waals surface area contributed by atoms with E-state index in [1.54, 1.807) is 12.4 Å². The van der Waals surface area contributed by atoms with Crippen LogP contribution in [0, 0.1) is 5.92 Å². The Hall–Kier alpha value is -1.69. The van der Waals surface area contributed by atoms with E-state index >= 15 is 0 Å². The molecule has 1 aliphatic heterocycles. The third-order valence-electron chi connectivity index (χ3n) is 4.81. The highest BCUT2D eigenvalue weighted by atomic mass is 32.1. The molecule has 1 amide bonds. The number of nitrogens with zero attached hydrogens (tertiary/aromatic N) is 3. The Morgan fingerprint density at radius 1 is 1.24 bits per heavy atom. The monoisotopic (exact) mass is 302 g/mol. The van der Waals surface area contributed by atoms with Crippen LogP contribution in [0.4, 0.5) is 5.69 Å². The number of piperidine rings is 1. The van der Waals surface area contributed by atoms with Crippen LogP contribution in [-0.4, -0.2) is 33.4 Å². The summed E-state index contributed by atoms with van der Waals surface area (Å²) in [5.74, 6) is 0.767. The quantitative estimate of drug-likeness (QED) is 0.879. The number of amides is 1. The molecule has 110 valence electrons. The first-order chi connectivity index (χ1) is 10.3. The third-order valence-corrected chi connectivity index (χ3v) is 5.90. The van der Waals surface area contributed by atoms with E-state index < -0.39 is 0 Å². The summed E-state index contributed by atoms with van der Waals surface area (Å²) in [4.78, 5) is 24.9. The lowest BCUT2D eigenvalue weighted by Crippen LogP contribution is -2.46. The van der Waals surface area contributed by atoms with Crippen LogP contribution in [0.3, 0.4) is 0 Å². The topological polar surface area (TPSA) is 72.1 Å². The smallest absolute Gasteiger partial charge is 0.266 e. The number of anilines is 1. The SMILES string of the molecule is Nc1c(C(=O)N2CCCC3CCCC32)sc2nccnc12. The first-order valence-corrected chi connectivity index (χ1v) is 8.37. The zero-order valence-electron chi connectivity index (χ0n) is 11.8. The van der Waals surface area contributed by atoms with Gasteiger partial charge in [0, 0.05) is 25.0 Å². The molecule has 2 aromatic heterocycles. The first kappa shape index (κ1) is 13.0. The zero-order valence-corrected chi connectivity index (χ0v) is 12.6. The highest BCUT2D eigenvalue weighted by Gasteiger charge is 2.38. The molecule has 1 saturated heterocycles. The van der Waals surface area contributed by atoms with Gasteiger partial charge in [0.05, 0.1) is 5.69 Å². The van der Waals surface area contributed by atoms with Gasteiger partial charge in [0.2, 0.25) is 0 Å². The Morgan fingerprint density at radius 3 is 2.90 bits per heavy atom.